The summed E-state index contributed by atoms with van der Waals surface area (Å²) in [6.45, 7) is 9.56. The van der Waals surface area contributed by atoms with E-state index in [0.29, 0.717) is 18.9 Å². The van der Waals surface area contributed by atoms with Crippen LogP contribution in [0.2, 0.25) is 0 Å². The maximum Gasteiger partial charge on any atom is 0.335 e. The molecule has 0 fully saturated rings. The second-order valence-electron chi connectivity index (χ2n) is 6.58. The predicted octanol–water partition coefficient (Wildman–Crippen LogP) is 1.68. The van der Waals surface area contributed by atoms with E-state index in [4.69, 9.17) is 9.47 Å². The largest absolute Gasteiger partial charge is 0.467 e. The summed E-state index contributed by atoms with van der Waals surface area (Å²) in [5, 5.41) is 2.52. The average molecular weight is 345 g/mol. The number of esters is 2. The van der Waals surface area contributed by atoms with Crippen LogP contribution in [-0.2, 0) is 28.6 Å². The summed E-state index contributed by atoms with van der Waals surface area (Å²) < 4.78 is 14.9. The van der Waals surface area contributed by atoms with E-state index in [1.807, 2.05) is 13.8 Å². The fraction of sp³-hybridized carbons (Fsp3) is 0.824. The number of nitrogens with one attached hydrogen (secondary N) is 1. The summed E-state index contributed by atoms with van der Waals surface area (Å²) in [4.78, 5) is 35.2. The van der Waals surface area contributed by atoms with Gasteiger partial charge in [0, 0.05) is 6.61 Å². The third-order valence-electron chi connectivity index (χ3n) is 3.27. The second kappa shape index (κ2) is 11.8. The van der Waals surface area contributed by atoms with Crippen LogP contribution in [0.4, 0.5) is 0 Å². The van der Waals surface area contributed by atoms with Crippen molar-refractivity contribution < 1.29 is 28.6 Å². The molecule has 0 bridgehead atoms. The lowest BCUT2D eigenvalue weighted by Gasteiger charge is -2.18. The van der Waals surface area contributed by atoms with Gasteiger partial charge in [-0.2, -0.15) is 0 Å². The summed E-state index contributed by atoms with van der Waals surface area (Å²) >= 11 is 0. The van der Waals surface area contributed by atoms with Gasteiger partial charge < -0.3 is 19.5 Å². The Morgan fingerprint density at radius 2 is 1.58 bits per heavy atom. The van der Waals surface area contributed by atoms with Gasteiger partial charge in [0.25, 0.3) is 5.91 Å². The van der Waals surface area contributed by atoms with Crippen LogP contribution in [-0.4, -0.2) is 50.3 Å². The Balaban J connectivity index is 4.25. The number of carbonyl (C=O) groups is 3. The van der Waals surface area contributed by atoms with Crippen LogP contribution < -0.4 is 5.32 Å². The van der Waals surface area contributed by atoms with Crippen molar-refractivity contribution in [2.24, 2.45) is 11.8 Å². The molecule has 0 aliphatic rings. The summed E-state index contributed by atoms with van der Waals surface area (Å²) in [5.74, 6) is -0.989. The fourth-order valence-electron chi connectivity index (χ4n) is 1.87. The minimum atomic E-state index is -0.749. The van der Waals surface area contributed by atoms with Crippen molar-refractivity contribution >= 4 is 17.8 Å². The maximum atomic E-state index is 11.8. The zero-order valence-corrected chi connectivity index (χ0v) is 15.6. The van der Waals surface area contributed by atoms with Gasteiger partial charge in [-0.1, -0.05) is 27.7 Å². The standard InChI is InChI=1S/C17H31NO6/c1-11(2)7-8-23-13(5)16(20)24-10-15(19)18-14(9-12(3)4)17(21)22-6/h11-14H,7-10H2,1-6H3,(H,18,19). The first-order chi connectivity index (χ1) is 11.2. The van der Waals surface area contributed by atoms with Crippen molar-refractivity contribution in [2.75, 3.05) is 20.3 Å². The van der Waals surface area contributed by atoms with Gasteiger partial charge in [-0.25, -0.2) is 9.59 Å². The zero-order chi connectivity index (χ0) is 18.7. The van der Waals surface area contributed by atoms with Gasteiger partial charge in [0.15, 0.2) is 12.7 Å². The molecule has 1 N–H and O–H groups in total. The summed E-state index contributed by atoms with van der Waals surface area (Å²) in [6.07, 6.45) is 0.554. The number of methoxy groups -OCH3 is 1. The molecule has 0 spiro atoms. The Morgan fingerprint density at radius 3 is 2.08 bits per heavy atom. The molecular formula is C17H31NO6. The Labute approximate surface area is 144 Å². The number of hydrogen-bond donors (Lipinski definition) is 1. The lowest BCUT2D eigenvalue weighted by Crippen LogP contribution is -2.44. The first kappa shape index (κ1) is 22.4. The molecule has 0 saturated carbocycles. The Bertz CT molecular complexity index is 408. The highest BCUT2D eigenvalue weighted by Crippen LogP contribution is 2.06. The van der Waals surface area contributed by atoms with Gasteiger partial charge in [0.1, 0.15) is 6.04 Å². The number of hydrogen-bond acceptors (Lipinski definition) is 6. The van der Waals surface area contributed by atoms with Gasteiger partial charge in [-0.3, -0.25) is 4.79 Å². The van der Waals surface area contributed by atoms with Gasteiger partial charge in [-0.15, -0.1) is 0 Å². The maximum absolute atomic E-state index is 11.8. The van der Waals surface area contributed by atoms with Crippen LogP contribution in [0.5, 0.6) is 0 Å². The van der Waals surface area contributed by atoms with E-state index in [2.05, 4.69) is 23.9 Å². The molecule has 1 amide bonds. The molecule has 0 rings (SSSR count). The van der Waals surface area contributed by atoms with Gasteiger partial charge in [-0.05, 0) is 31.6 Å². The normalized spacial score (nSPS) is 13.5. The van der Waals surface area contributed by atoms with E-state index in [-0.39, 0.29) is 5.92 Å². The molecule has 2 atom stereocenters. The summed E-state index contributed by atoms with van der Waals surface area (Å²) in [5.41, 5.74) is 0. The predicted molar refractivity (Wildman–Crippen MR) is 89.2 cm³/mol. The Kier molecular flexibility index (Phi) is 11.0. The molecule has 140 valence electrons. The minimum absolute atomic E-state index is 0.200. The van der Waals surface area contributed by atoms with Crippen LogP contribution in [0.25, 0.3) is 0 Å². The lowest BCUT2D eigenvalue weighted by molar-refractivity contribution is -0.159. The molecular weight excluding hydrogens is 314 g/mol. The lowest BCUT2D eigenvalue weighted by atomic mass is 10.0. The second-order valence-corrected chi connectivity index (χ2v) is 6.58. The van der Waals surface area contributed by atoms with Crippen LogP contribution in [0.3, 0.4) is 0 Å². The molecule has 0 aromatic carbocycles. The smallest absolute Gasteiger partial charge is 0.335 e. The molecule has 0 aliphatic heterocycles. The monoisotopic (exact) mass is 345 g/mol. The highest BCUT2D eigenvalue weighted by atomic mass is 16.6. The van der Waals surface area contributed by atoms with E-state index >= 15 is 0 Å². The fourth-order valence-corrected chi connectivity index (χ4v) is 1.87. The number of ether oxygens (including phenoxy) is 3. The molecule has 0 aromatic heterocycles. The molecule has 24 heavy (non-hydrogen) atoms. The highest BCUT2D eigenvalue weighted by molar-refractivity contribution is 5.86. The van der Waals surface area contributed by atoms with E-state index in [1.165, 1.54) is 7.11 Å². The van der Waals surface area contributed by atoms with E-state index in [1.54, 1.807) is 6.92 Å². The molecule has 2 unspecified atom stereocenters. The summed E-state index contributed by atoms with van der Waals surface area (Å²) in [7, 11) is 1.26. The van der Waals surface area contributed by atoms with Gasteiger partial charge >= 0.3 is 11.9 Å². The molecule has 7 heteroatoms. The van der Waals surface area contributed by atoms with Crippen molar-refractivity contribution in [1.29, 1.82) is 0 Å². The quantitative estimate of drug-likeness (QED) is 0.573. The average Bonchev–Trinajstić information content (AvgIpc) is 2.50. The Hall–Kier alpha value is -1.63. The zero-order valence-electron chi connectivity index (χ0n) is 15.6. The summed E-state index contributed by atoms with van der Waals surface area (Å²) in [6, 6.07) is -0.749. The van der Waals surface area contributed by atoms with Crippen molar-refractivity contribution in [3.05, 3.63) is 0 Å². The van der Waals surface area contributed by atoms with Gasteiger partial charge in [0.2, 0.25) is 0 Å². The molecule has 0 aromatic rings. The van der Waals surface area contributed by atoms with Crippen LogP contribution >= 0.6 is 0 Å². The third-order valence-corrected chi connectivity index (χ3v) is 3.27. The van der Waals surface area contributed by atoms with Crippen LogP contribution in [0, 0.1) is 11.8 Å². The van der Waals surface area contributed by atoms with Crippen molar-refractivity contribution in [3.8, 4) is 0 Å². The molecule has 7 nitrogen and oxygen atoms in total. The SMILES string of the molecule is COC(=O)C(CC(C)C)NC(=O)COC(=O)C(C)OCCC(C)C. The highest BCUT2D eigenvalue weighted by Gasteiger charge is 2.23. The Morgan fingerprint density at radius 1 is 0.958 bits per heavy atom. The molecule has 0 radical (unpaired) electrons. The number of carbonyl (C=O) groups excluding carboxylic acids is 3. The molecule has 0 aliphatic carbocycles. The minimum Gasteiger partial charge on any atom is -0.467 e. The number of rotatable bonds is 11. The van der Waals surface area contributed by atoms with Crippen LogP contribution in [0.15, 0.2) is 0 Å². The van der Waals surface area contributed by atoms with Crippen molar-refractivity contribution in [3.63, 3.8) is 0 Å². The van der Waals surface area contributed by atoms with Gasteiger partial charge in [0.05, 0.1) is 7.11 Å². The van der Waals surface area contributed by atoms with E-state index < -0.39 is 36.6 Å². The molecule has 0 saturated heterocycles. The third kappa shape index (κ3) is 10.2. The van der Waals surface area contributed by atoms with Crippen molar-refractivity contribution in [2.45, 2.75) is 59.6 Å². The van der Waals surface area contributed by atoms with Crippen molar-refractivity contribution in [1.82, 2.24) is 5.32 Å². The molecule has 0 heterocycles. The first-order valence-electron chi connectivity index (χ1n) is 8.32. The van der Waals surface area contributed by atoms with Crippen LogP contribution in [0.1, 0.15) is 47.5 Å². The first-order valence-corrected chi connectivity index (χ1v) is 8.32. The number of amides is 1. The topological polar surface area (TPSA) is 90.9 Å². The van der Waals surface area contributed by atoms with E-state index in [0.717, 1.165) is 6.42 Å². The van der Waals surface area contributed by atoms with E-state index in [9.17, 15) is 14.4 Å².